The Hall–Kier alpha value is -0.990. The van der Waals surface area contributed by atoms with Gasteiger partial charge in [-0.3, -0.25) is 0 Å². The highest BCUT2D eigenvalue weighted by Gasteiger charge is 2.46. The molecule has 2 aliphatic rings. The van der Waals surface area contributed by atoms with Crippen LogP contribution in [0.3, 0.4) is 0 Å². The number of rotatable bonds is 1. The van der Waals surface area contributed by atoms with Crippen molar-refractivity contribution in [2.75, 3.05) is 0 Å². The van der Waals surface area contributed by atoms with Crippen molar-refractivity contribution in [2.24, 2.45) is 0 Å². The van der Waals surface area contributed by atoms with Crippen LogP contribution in [0.1, 0.15) is 46.5 Å². The number of ether oxygens (including phenoxy) is 1. The molecule has 3 nitrogen and oxygen atoms in total. The Morgan fingerprint density at radius 2 is 1.93 bits per heavy atom. The number of esters is 1. The quantitative estimate of drug-likeness (QED) is 0.672. The molecule has 0 atom stereocenters. The van der Waals surface area contributed by atoms with E-state index < -0.39 is 0 Å². The standard InChI is InChI=1S/C12H19NO2/c1-11(2,3)13-9-8-10(14)15-12(9)6-4-5-7-12/h8,13H,4-7H2,1-3H3. The average Bonchev–Trinajstić information content (AvgIpc) is 2.59. The first-order valence-corrected chi connectivity index (χ1v) is 5.65. The molecule has 1 N–H and O–H groups in total. The SMILES string of the molecule is CC(C)(C)NC1=CC(=O)OC12CCCC2. The lowest BCUT2D eigenvalue weighted by Crippen LogP contribution is -2.43. The van der Waals surface area contributed by atoms with Crippen molar-refractivity contribution in [1.82, 2.24) is 5.32 Å². The van der Waals surface area contributed by atoms with E-state index in [9.17, 15) is 4.79 Å². The fraction of sp³-hybridized carbons (Fsp3) is 0.750. The maximum absolute atomic E-state index is 11.4. The van der Waals surface area contributed by atoms with Crippen molar-refractivity contribution in [3.63, 3.8) is 0 Å². The fourth-order valence-electron chi connectivity index (χ4n) is 2.40. The van der Waals surface area contributed by atoms with Gasteiger partial charge >= 0.3 is 5.97 Å². The van der Waals surface area contributed by atoms with Gasteiger partial charge in [0.15, 0.2) is 5.60 Å². The summed E-state index contributed by atoms with van der Waals surface area (Å²) in [6.45, 7) is 6.29. The first-order chi connectivity index (χ1) is 6.91. The molecule has 1 saturated carbocycles. The largest absolute Gasteiger partial charge is 0.449 e. The van der Waals surface area contributed by atoms with Crippen LogP contribution < -0.4 is 5.32 Å². The lowest BCUT2D eigenvalue weighted by atomic mass is 9.96. The van der Waals surface area contributed by atoms with Crippen LogP contribution >= 0.6 is 0 Å². The van der Waals surface area contributed by atoms with Crippen LogP contribution in [0.4, 0.5) is 0 Å². The molecule has 1 aliphatic heterocycles. The zero-order valence-electron chi connectivity index (χ0n) is 9.72. The monoisotopic (exact) mass is 209 g/mol. The molecule has 1 aliphatic carbocycles. The lowest BCUT2D eigenvalue weighted by molar-refractivity contribution is -0.145. The van der Waals surface area contributed by atoms with Gasteiger partial charge in [0.2, 0.25) is 0 Å². The van der Waals surface area contributed by atoms with Crippen molar-refractivity contribution in [1.29, 1.82) is 0 Å². The van der Waals surface area contributed by atoms with Crippen LogP contribution in [0, 0.1) is 0 Å². The fourth-order valence-corrected chi connectivity index (χ4v) is 2.40. The molecule has 1 spiro atoms. The number of carbonyl (C=O) groups is 1. The van der Waals surface area contributed by atoms with Gasteiger partial charge < -0.3 is 10.1 Å². The van der Waals surface area contributed by atoms with Gasteiger partial charge in [-0.2, -0.15) is 0 Å². The summed E-state index contributed by atoms with van der Waals surface area (Å²) in [6, 6.07) is 0. The van der Waals surface area contributed by atoms with Gasteiger partial charge in [0.05, 0.1) is 5.70 Å². The van der Waals surface area contributed by atoms with Crippen LogP contribution in [0.2, 0.25) is 0 Å². The Morgan fingerprint density at radius 1 is 1.33 bits per heavy atom. The summed E-state index contributed by atoms with van der Waals surface area (Å²) >= 11 is 0. The number of carbonyl (C=O) groups excluding carboxylic acids is 1. The predicted octanol–water partition coefficient (Wildman–Crippen LogP) is 2.13. The van der Waals surface area contributed by atoms with Gasteiger partial charge in [0.25, 0.3) is 0 Å². The summed E-state index contributed by atoms with van der Waals surface area (Å²) in [5.41, 5.74) is 0.650. The van der Waals surface area contributed by atoms with Crippen molar-refractivity contribution in [2.45, 2.75) is 57.6 Å². The minimum absolute atomic E-state index is 0.0184. The third-order valence-electron chi connectivity index (χ3n) is 2.97. The van der Waals surface area contributed by atoms with E-state index in [2.05, 4.69) is 26.1 Å². The minimum Gasteiger partial charge on any atom is -0.449 e. The van der Waals surface area contributed by atoms with E-state index in [1.807, 2.05) is 0 Å². The maximum Gasteiger partial charge on any atom is 0.333 e. The predicted molar refractivity (Wildman–Crippen MR) is 58.3 cm³/mol. The molecule has 0 aromatic heterocycles. The molecule has 2 rings (SSSR count). The van der Waals surface area contributed by atoms with E-state index in [4.69, 9.17) is 4.74 Å². The highest BCUT2D eigenvalue weighted by molar-refractivity contribution is 5.86. The van der Waals surface area contributed by atoms with E-state index in [-0.39, 0.29) is 17.1 Å². The minimum atomic E-state index is -0.315. The second kappa shape index (κ2) is 3.26. The first kappa shape index (κ1) is 10.5. The topological polar surface area (TPSA) is 38.3 Å². The summed E-state index contributed by atoms with van der Waals surface area (Å²) < 4.78 is 5.47. The molecule has 0 unspecified atom stereocenters. The van der Waals surface area contributed by atoms with Gasteiger partial charge in [-0.1, -0.05) is 0 Å². The molecular weight excluding hydrogens is 190 g/mol. The number of nitrogens with one attached hydrogen (secondary N) is 1. The molecule has 0 saturated heterocycles. The first-order valence-electron chi connectivity index (χ1n) is 5.65. The third-order valence-corrected chi connectivity index (χ3v) is 2.97. The van der Waals surface area contributed by atoms with Crippen LogP contribution in [-0.2, 0) is 9.53 Å². The highest BCUT2D eigenvalue weighted by atomic mass is 16.6. The van der Waals surface area contributed by atoms with Gasteiger partial charge in [-0.15, -0.1) is 0 Å². The zero-order valence-corrected chi connectivity index (χ0v) is 9.72. The van der Waals surface area contributed by atoms with Crippen LogP contribution in [0.15, 0.2) is 11.8 Å². The van der Waals surface area contributed by atoms with Crippen molar-refractivity contribution < 1.29 is 9.53 Å². The van der Waals surface area contributed by atoms with E-state index in [0.29, 0.717) is 0 Å². The smallest absolute Gasteiger partial charge is 0.333 e. The Morgan fingerprint density at radius 3 is 2.47 bits per heavy atom. The van der Waals surface area contributed by atoms with E-state index in [0.717, 1.165) is 31.4 Å². The molecule has 0 aromatic rings. The highest BCUT2D eigenvalue weighted by Crippen LogP contribution is 2.42. The van der Waals surface area contributed by atoms with Gasteiger partial charge in [0, 0.05) is 11.6 Å². The lowest BCUT2D eigenvalue weighted by Gasteiger charge is -2.32. The summed E-state index contributed by atoms with van der Waals surface area (Å²) in [4.78, 5) is 11.4. The zero-order chi connectivity index (χ0) is 11.1. The maximum atomic E-state index is 11.4. The van der Waals surface area contributed by atoms with Crippen LogP contribution in [0.5, 0.6) is 0 Å². The summed E-state index contributed by atoms with van der Waals surface area (Å²) in [6.07, 6.45) is 5.85. The Kier molecular flexibility index (Phi) is 2.28. The molecule has 1 fully saturated rings. The Balaban J connectivity index is 2.20. The number of hydrogen-bond acceptors (Lipinski definition) is 3. The second-order valence-electron chi connectivity index (χ2n) is 5.56. The molecule has 0 radical (unpaired) electrons. The number of hydrogen-bond donors (Lipinski definition) is 1. The van der Waals surface area contributed by atoms with Gasteiger partial charge in [-0.25, -0.2) is 4.79 Å². The Bertz CT molecular complexity index is 306. The van der Waals surface area contributed by atoms with Crippen LogP contribution in [0.25, 0.3) is 0 Å². The van der Waals surface area contributed by atoms with Crippen LogP contribution in [-0.4, -0.2) is 17.1 Å². The molecule has 15 heavy (non-hydrogen) atoms. The summed E-state index contributed by atoms with van der Waals surface area (Å²) in [5.74, 6) is -0.191. The molecule has 1 heterocycles. The van der Waals surface area contributed by atoms with E-state index in [1.54, 1.807) is 6.08 Å². The van der Waals surface area contributed by atoms with E-state index in [1.165, 1.54) is 0 Å². The van der Waals surface area contributed by atoms with Crippen molar-refractivity contribution >= 4 is 5.97 Å². The normalized spacial score (nSPS) is 24.2. The van der Waals surface area contributed by atoms with Gasteiger partial charge in [-0.05, 0) is 46.5 Å². The molecular formula is C12H19NO2. The van der Waals surface area contributed by atoms with Crippen molar-refractivity contribution in [3.8, 4) is 0 Å². The van der Waals surface area contributed by atoms with E-state index >= 15 is 0 Å². The molecule has 84 valence electrons. The summed E-state index contributed by atoms with van der Waals surface area (Å²) in [7, 11) is 0. The van der Waals surface area contributed by atoms with Gasteiger partial charge in [0.1, 0.15) is 0 Å². The average molecular weight is 209 g/mol. The molecule has 3 heteroatoms. The molecule has 0 aromatic carbocycles. The molecule has 0 bridgehead atoms. The molecule has 0 amide bonds. The Labute approximate surface area is 90.9 Å². The summed E-state index contributed by atoms with van der Waals surface area (Å²) in [5, 5.41) is 3.40. The van der Waals surface area contributed by atoms with Crippen molar-refractivity contribution in [3.05, 3.63) is 11.8 Å². The second-order valence-corrected chi connectivity index (χ2v) is 5.56. The third kappa shape index (κ3) is 2.01.